The molecule has 2 aromatic rings. The van der Waals surface area contributed by atoms with Crippen LogP contribution in [0.5, 0.6) is 0 Å². The van der Waals surface area contributed by atoms with Crippen molar-refractivity contribution in [1.29, 1.82) is 0 Å². The Hall–Kier alpha value is -2.27. The predicted octanol–water partition coefficient (Wildman–Crippen LogP) is 3.98. The Morgan fingerprint density at radius 1 is 1.15 bits per heavy atom. The van der Waals surface area contributed by atoms with Gasteiger partial charge in [0.15, 0.2) is 5.96 Å². The molecule has 2 heterocycles. The van der Waals surface area contributed by atoms with Gasteiger partial charge in [-0.3, -0.25) is 0 Å². The number of nitrogens with zero attached hydrogens (tertiary/aromatic N) is 2. The molecule has 0 bridgehead atoms. The molecule has 3 rings (SSSR count). The average Bonchev–Trinajstić information content (AvgIpc) is 3.38. The summed E-state index contributed by atoms with van der Waals surface area (Å²) in [5.41, 5.74) is 3.88. The number of thiophene rings is 1. The summed E-state index contributed by atoms with van der Waals surface area (Å²) in [4.78, 5) is 7.09. The SMILES string of the molecule is CCNC(=NCc1ccc(N2CC=CC2)cc1)NCC(C)c1ccsc1. The third kappa shape index (κ3) is 5.11. The van der Waals surface area contributed by atoms with Crippen LogP contribution in [0.2, 0.25) is 0 Å². The van der Waals surface area contributed by atoms with E-state index < -0.39 is 0 Å². The molecule has 1 aliphatic rings. The molecule has 1 aliphatic heterocycles. The lowest BCUT2D eigenvalue weighted by Crippen LogP contribution is -2.39. The molecule has 2 N–H and O–H groups in total. The highest BCUT2D eigenvalue weighted by atomic mass is 32.1. The Morgan fingerprint density at radius 3 is 2.58 bits per heavy atom. The molecule has 0 radical (unpaired) electrons. The topological polar surface area (TPSA) is 39.7 Å². The van der Waals surface area contributed by atoms with Crippen molar-refractivity contribution in [2.45, 2.75) is 26.3 Å². The second kappa shape index (κ2) is 9.43. The van der Waals surface area contributed by atoms with Crippen molar-refractivity contribution in [2.24, 2.45) is 4.99 Å². The van der Waals surface area contributed by atoms with E-state index in [-0.39, 0.29) is 0 Å². The number of hydrogen-bond acceptors (Lipinski definition) is 3. The summed E-state index contributed by atoms with van der Waals surface area (Å²) >= 11 is 1.75. The van der Waals surface area contributed by atoms with E-state index in [2.05, 4.69) is 82.6 Å². The second-order valence-electron chi connectivity index (χ2n) is 6.58. The minimum absolute atomic E-state index is 0.471. The second-order valence-corrected chi connectivity index (χ2v) is 7.36. The van der Waals surface area contributed by atoms with Crippen molar-refractivity contribution in [3.8, 4) is 0 Å². The summed E-state index contributed by atoms with van der Waals surface area (Å²) in [7, 11) is 0. The molecular formula is C21H28N4S. The number of benzene rings is 1. The van der Waals surface area contributed by atoms with E-state index in [1.165, 1.54) is 16.8 Å². The molecule has 0 saturated heterocycles. The van der Waals surface area contributed by atoms with E-state index in [4.69, 9.17) is 4.99 Å². The van der Waals surface area contributed by atoms with Crippen LogP contribution in [-0.2, 0) is 6.54 Å². The van der Waals surface area contributed by atoms with Crippen molar-refractivity contribution in [3.63, 3.8) is 0 Å². The van der Waals surface area contributed by atoms with Crippen LogP contribution in [0.1, 0.15) is 30.9 Å². The summed E-state index contributed by atoms with van der Waals surface area (Å²) in [6.45, 7) is 8.77. The first-order chi connectivity index (χ1) is 12.8. The van der Waals surface area contributed by atoms with E-state index in [0.29, 0.717) is 12.5 Å². The van der Waals surface area contributed by atoms with Gasteiger partial charge < -0.3 is 15.5 Å². The van der Waals surface area contributed by atoms with Crippen LogP contribution < -0.4 is 15.5 Å². The molecule has 1 unspecified atom stereocenters. The highest BCUT2D eigenvalue weighted by Crippen LogP contribution is 2.18. The Bertz CT molecular complexity index is 711. The lowest BCUT2D eigenvalue weighted by Gasteiger charge is -2.18. The van der Waals surface area contributed by atoms with E-state index in [9.17, 15) is 0 Å². The van der Waals surface area contributed by atoms with E-state index in [1.807, 2.05) is 0 Å². The molecule has 0 aliphatic carbocycles. The van der Waals surface area contributed by atoms with Crippen molar-refractivity contribution in [1.82, 2.24) is 10.6 Å². The summed E-state index contributed by atoms with van der Waals surface area (Å²) < 4.78 is 0. The molecule has 0 saturated carbocycles. The van der Waals surface area contributed by atoms with E-state index >= 15 is 0 Å². The number of rotatable bonds is 7. The number of guanidine groups is 1. The molecule has 1 aromatic carbocycles. The molecule has 138 valence electrons. The smallest absolute Gasteiger partial charge is 0.191 e. The van der Waals surface area contributed by atoms with Crippen molar-refractivity contribution >= 4 is 23.0 Å². The van der Waals surface area contributed by atoms with Gasteiger partial charge in [-0.25, -0.2) is 4.99 Å². The average molecular weight is 369 g/mol. The van der Waals surface area contributed by atoms with Gasteiger partial charge in [0.25, 0.3) is 0 Å². The number of hydrogen-bond donors (Lipinski definition) is 2. The van der Waals surface area contributed by atoms with Crippen LogP contribution in [0.3, 0.4) is 0 Å². The Labute approximate surface area is 160 Å². The molecule has 5 heteroatoms. The molecule has 0 amide bonds. The van der Waals surface area contributed by atoms with Crippen LogP contribution in [0.25, 0.3) is 0 Å². The fourth-order valence-corrected chi connectivity index (χ4v) is 3.72. The number of aliphatic imine (C=N–C) groups is 1. The first-order valence-electron chi connectivity index (χ1n) is 9.29. The molecule has 1 atom stereocenters. The molecular weight excluding hydrogens is 340 g/mol. The third-order valence-electron chi connectivity index (χ3n) is 4.57. The van der Waals surface area contributed by atoms with Gasteiger partial charge in [-0.15, -0.1) is 0 Å². The summed E-state index contributed by atoms with van der Waals surface area (Å²) in [5, 5.41) is 11.1. The normalized spacial score (nSPS) is 15.3. The zero-order chi connectivity index (χ0) is 18.2. The van der Waals surface area contributed by atoms with Crippen LogP contribution in [0.15, 0.2) is 58.2 Å². The first-order valence-corrected chi connectivity index (χ1v) is 10.2. The fraction of sp³-hybridized carbons (Fsp3) is 0.381. The molecule has 1 aromatic heterocycles. The highest BCUT2D eigenvalue weighted by molar-refractivity contribution is 7.07. The van der Waals surface area contributed by atoms with Crippen LogP contribution in [0, 0.1) is 0 Å². The first kappa shape index (κ1) is 18.5. The van der Waals surface area contributed by atoms with E-state index in [1.54, 1.807) is 11.3 Å². The largest absolute Gasteiger partial charge is 0.364 e. The summed E-state index contributed by atoms with van der Waals surface area (Å²) in [5.74, 6) is 1.35. The van der Waals surface area contributed by atoms with Crippen LogP contribution >= 0.6 is 11.3 Å². The molecule has 26 heavy (non-hydrogen) atoms. The molecule has 0 fully saturated rings. The summed E-state index contributed by atoms with van der Waals surface area (Å²) in [6, 6.07) is 10.9. The highest BCUT2D eigenvalue weighted by Gasteiger charge is 2.08. The van der Waals surface area contributed by atoms with Gasteiger partial charge in [-0.2, -0.15) is 11.3 Å². The lowest BCUT2D eigenvalue weighted by molar-refractivity contribution is 0.701. The fourth-order valence-electron chi connectivity index (χ4n) is 2.94. The maximum atomic E-state index is 4.74. The number of anilines is 1. The van der Waals surface area contributed by atoms with Crippen molar-refractivity contribution < 1.29 is 0 Å². The summed E-state index contributed by atoms with van der Waals surface area (Å²) in [6.07, 6.45) is 4.42. The van der Waals surface area contributed by atoms with Gasteiger partial charge in [0.2, 0.25) is 0 Å². The third-order valence-corrected chi connectivity index (χ3v) is 5.27. The Balaban J connectivity index is 1.54. The van der Waals surface area contributed by atoms with Gasteiger partial charge in [0.1, 0.15) is 0 Å². The quantitative estimate of drug-likeness (QED) is 0.441. The van der Waals surface area contributed by atoms with Crippen LogP contribution in [-0.4, -0.2) is 32.1 Å². The standard InChI is InChI=1S/C21H28N4S/c1-3-22-21(23-14-17(2)19-10-13-26-16-19)24-15-18-6-8-20(9-7-18)25-11-4-5-12-25/h4-10,13,16-17H,3,11-12,14-15H2,1-2H3,(H2,22,23,24). The molecule has 4 nitrogen and oxygen atoms in total. The van der Waals surface area contributed by atoms with Crippen molar-refractivity contribution in [2.75, 3.05) is 31.1 Å². The lowest BCUT2D eigenvalue weighted by atomic mass is 10.1. The van der Waals surface area contributed by atoms with Crippen molar-refractivity contribution in [3.05, 3.63) is 64.4 Å². The van der Waals surface area contributed by atoms with Gasteiger partial charge in [-0.05, 0) is 52.9 Å². The Kier molecular flexibility index (Phi) is 6.72. The predicted molar refractivity (Wildman–Crippen MR) is 113 cm³/mol. The van der Waals surface area contributed by atoms with Gasteiger partial charge >= 0.3 is 0 Å². The number of nitrogens with one attached hydrogen (secondary N) is 2. The van der Waals surface area contributed by atoms with Gasteiger partial charge in [0, 0.05) is 31.9 Å². The minimum atomic E-state index is 0.471. The maximum Gasteiger partial charge on any atom is 0.191 e. The zero-order valence-corrected chi connectivity index (χ0v) is 16.4. The van der Waals surface area contributed by atoms with Gasteiger partial charge in [-0.1, -0.05) is 31.2 Å². The zero-order valence-electron chi connectivity index (χ0n) is 15.6. The Morgan fingerprint density at radius 2 is 1.92 bits per heavy atom. The van der Waals surface area contributed by atoms with E-state index in [0.717, 1.165) is 32.1 Å². The monoisotopic (exact) mass is 368 g/mol. The van der Waals surface area contributed by atoms with Crippen LogP contribution in [0.4, 0.5) is 5.69 Å². The minimum Gasteiger partial charge on any atom is -0.364 e. The molecule has 0 spiro atoms. The maximum absolute atomic E-state index is 4.74. The van der Waals surface area contributed by atoms with Gasteiger partial charge in [0.05, 0.1) is 6.54 Å².